The molecule has 0 fully saturated rings. The van der Waals surface area contributed by atoms with Crippen LogP contribution >= 0.6 is 11.3 Å². The molecule has 0 amide bonds. The number of benzene rings is 1. The molecule has 0 saturated heterocycles. The lowest BCUT2D eigenvalue weighted by Gasteiger charge is -1.84. The summed E-state index contributed by atoms with van der Waals surface area (Å²) < 4.78 is 1.23. The van der Waals surface area contributed by atoms with Crippen molar-refractivity contribution in [1.82, 2.24) is 4.98 Å². The Morgan fingerprint density at radius 2 is 2.27 bits per heavy atom. The van der Waals surface area contributed by atoms with E-state index in [0.717, 1.165) is 10.6 Å². The SMILES string of the molecule is CNc1nc2ccccc2s1.[HH]. The van der Waals surface area contributed by atoms with E-state index in [0.29, 0.717) is 0 Å². The van der Waals surface area contributed by atoms with Crippen molar-refractivity contribution >= 4 is 26.7 Å². The quantitative estimate of drug-likeness (QED) is 0.704. The minimum absolute atomic E-state index is 0. The van der Waals surface area contributed by atoms with Gasteiger partial charge < -0.3 is 5.32 Å². The Kier molecular flexibility index (Phi) is 1.51. The van der Waals surface area contributed by atoms with Crippen molar-refractivity contribution < 1.29 is 1.43 Å². The third-order valence-corrected chi connectivity index (χ3v) is 2.56. The number of fused-ring (bicyclic) bond motifs is 1. The minimum Gasteiger partial charge on any atom is -0.365 e. The average molecular weight is 166 g/mol. The van der Waals surface area contributed by atoms with Crippen LogP contribution in [0.5, 0.6) is 0 Å². The Balaban J connectivity index is 0.000000720. The topological polar surface area (TPSA) is 24.9 Å². The van der Waals surface area contributed by atoms with E-state index < -0.39 is 0 Å². The first kappa shape index (κ1) is 6.61. The van der Waals surface area contributed by atoms with Crippen LogP contribution in [0.2, 0.25) is 0 Å². The summed E-state index contributed by atoms with van der Waals surface area (Å²) in [4.78, 5) is 4.34. The van der Waals surface area contributed by atoms with E-state index in [1.807, 2.05) is 25.2 Å². The van der Waals surface area contributed by atoms with Gasteiger partial charge in [0.05, 0.1) is 10.2 Å². The van der Waals surface area contributed by atoms with E-state index in [2.05, 4.69) is 16.4 Å². The van der Waals surface area contributed by atoms with Crippen LogP contribution in [0.1, 0.15) is 1.43 Å². The molecule has 3 heteroatoms. The zero-order valence-corrected chi connectivity index (χ0v) is 6.98. The molecule has 2 rings (SSSR count). The summed E-state index contributed by atoms with van der Waals surface area (Å²) in [6, 6.07) is 8.13. The van der Waals surface area contributed by atoms with Crippen molar-refractivity contribution in [3.05, 3.63) is 24.3 Å². The molecular weight excluding hydrogens is 156 g/mol. The van der Waals surface area contributed by atoms with Crippen LogP contribution < -0.4 is 5.32 Å². The summed E-state index contributed by atoms with van der Waals surface area (Å²) in [5, 5.41) is 4.00. The number of hydrogen-bond acceptors (Lipinski definition) is 3. The second kappa shape index (κ2) is 2.51. The smallest absolute Gasteiger partial charge is 0.183 e. The summed E-state index contributed by atoms with van der Waals surface area (Å²) in [7, 11) is 1.89. The van der Waals surface area contributed by atoms with Gasteiger partial charge in [0.1, 0.15) is 0 Å². The highest BCUT2D eigenvalue weighted by Gasteiger charge is 1.98. The third kappa shape index (κ3) is 1.07. The van der Waals surface area contributed by atoms with Gasteiger partial charge in [-0.15, -0.1) is 0 Å². The predicted molar refractivity (Wildman–Crippen MR) is 51.3 cm³/mol. The second-order valence-electron chi connectivity index (χ2n) is 2.24. The number of hydrogen-bond donors (Lipinski definition) is 1. The van der Waals surface area contributed by atoms with Gasteiger partial charge in [-0.05, 0) is 12.1 Å². The number of para-hydroxylation sites is 1. The van der Waals surface area contributed by atoms with Gasteiger partial charge in [-0.3, -0.25) is 0 Å². The lowest BCUT2D eigenvalue weighted by Crippen LogP contribution is -1.83. The highest BCUT2D eigenvalue weighted by Crippen LogP contribution is 2.24. The average Bonchev–Trinajstić information content (AvgIpc) is 2.46. The van der Waals surface area contributed by atoms with Crippen molar-refractivity contribution in [3.8, 4) is 0 Å². The monoisotopic (exact) mass is 166 g/mol. The highest BCUT2D eigenvalue weighted by molar-refractivity contribution is 7.22. The maximum atomic E-state index is 4.34. The van der Waals surface area contributed by atoms with Crippen LogP contribution in [0, 0.1) is 0 Å². The number of nitrogens with zero attached hydrogens (tertiary/aromatic N) is 1. The van der Waals surface area contributed by atoms with Gasteiger partial charge in [0.2, 0.25) is 0 Å². The normalized spacial score (nSPS) is 10.3. The predicted octanol–water partition coefficient (Wildman–Crippen LogP) is 2.58. The molecule has 0 bridgehead atoms. The molecule has 0 saturated carbocycles. The molecule has 2 aromatic rings. The van der Waals surface area contributed by atoms with E-state index in [-0.39, 0.29) is 1.43 Å². The first-order valence-electron chi connectivity index (χ1n) is 3.43. The van der Waals surface area contributed by atoms with Crippen LogP contribution in [0.25, 0.3) is 10.2 Å². The number of nitrogens with one attached hydrogen (secondary N) is 1. The maximum Gasteiger partial charge on any atom is 0.183 e. The molecule has 58 valence electrons. The molecule has 1 aromatic heterocycles. The molecule has 0 aliphatic carbocycles. The summed E-state index contributed by atoms with van der Waals surface area (Å²) in [6.45, 7) is 0. The van der Waals surface area contributed by atoms with E-state index in [4.69, 9.17) is 0 Å². The number of rotatable bonds is 1. The summed E-state index contributed by atoms with van der Waals surface area (Å²) >= 11 is 1.68. The van der Waals surface area contributed by atoms with Gasteiger partial charge in [-0.1, -0.05) is 23.5 Å². The molecule has 0 aliphatic rings. The summed E-state index contributed by atoms with van der Waals surface area (Å²) in [6.07, 6.45) is 0. The van der Waals surface area contributed by atoms with E-state index in [1.165, 1.54) is 4.70 Å². The van der Waals surface area contributed by atoms with E-state index in [9.17, 15) is 0 Å². The minimum atomic E-state index is 0. The van der Waals surface area contributed by atoms with Crippen LogP contribution in [0.3, 0.4) is 0 Å². The third-order valence-electron chi connectivity index (χ3n) is 1.51. The fourth-order valence-electron chi connectivity index (χ4n) is 0.979. The van der Waals surface area contributed by atoms with Crippen LogP contribution in [0.4, 0.5) is 5.13 Å². The van der Waals surface area contributed by atoms with Crippen molar-refractivity contribution in [1.29, 1.82) is 0 Å². The molecule has 1 heterocycles. The molecule has 2 nitrogen and oxygen atoms in total. The van der Waals surface area contributed by atoms with Gasteiger partial charge in [0.15, 0.2) is 5.13 Å². The largest absolute Gasteiger partial charge is 0.365 e. The standard InChI is InChI=1S/C8H8N2S.H2/c1-9-8-10-6-4-2-3-5-7(6)11-8;/h2-5H,1H3,(H,9,10);1H. The molecule has 1 N–H and O–H groups in total. The molecule has 0 radical (unpaired) electrons. The summed E-state index contributed by atoms with van der Waals surface area (Å²) in [5.74, 6) is 0. The first-order chi connectivity index (χ1) is 5.40. The lowest BCUT2D eigenvalue weighted by molar-refractivity contribution is 1.41. The van der Waals surface area contributed by atoms with Crippen molar-refractivity contribution in [2.75, 3.05) is 12.4 Å². The first-order valence-corrected chi connectivity index (χ1v) is 4.25. The van der Waals surface area contributed by atoms with E-state index >= 15 is 0 Å². The number of thiazole rings is 1. The molecule has 11 heavy (non-hydrogen) atoms. The van der Waals surface area contributed by atoms with Gasteiger partial charge in [0.25, 0.3) is 0 Å². The number of aromatic nitrogens is 1. The lowest BCUT2D eigenvalue weighted by atomic mass is 10.3. The molecule has 0 spiro atoms. The summed E-state index contributed by atoms with van der Waals surface area (Å²) in [5.41, 5.74) is 1.07. The number of anilines is 1. The van der Waals surface area contributed by atoms with Crippen molar-refractivity contribution in [3.63, 3.8) is 0 Å². The van der Waals surface area contributed by atoms with Crippen LogP contribution in [-0.2, 0) is 0 Å². The van der Waals surface area contributed by atoms with E-state index in [1.54, 1.807) is 11.3 Å². The van der Waals surface area contributed by atoms with Gasteiger partial charge in [-0.2, -0.15) is 0 Å². The molecule has 0 aliphatic heterocycles. The zero-order chi connectivity index (χ0) is 7.68. The van der Waals surface area contributed by atoms with Crippen molar-refractivity contribution in [2.24, 2.45) is 0 Å². The Bertz CT molecular complexity index is 339. The molecule has 1 aromatic carbocycles. The Hall–Kier alpha value is -1.09. The Morgan fingerprint density at radius 3 is 3.00 bits per heavy atom. The highest BCUT2D eigenvalue weighted by atomic mass is 32.1. The fourth-order valence-corrected chi connectivity index (χ4v) is 1.80. The molecule has 0 atom stereocenters. The van der Waals surface area contributed by atoms with Gasteiger partial charge in [0, 0.05) is 8.47 Å². The Labute approximate surface area is 70.4 Å². The van der Waals surface area contributed by atoms with Gasteiger partial charge in [-0.25, -0.2) is 4.98 Å². The second-order valence-corrected chi connectivity index (χ2v) is 3.27. The Morgan fingerprint density at radius 1 is 1.45 bits per heavy atom. The van der Waals surface area contributed by atoms with Crippen molar-refractivity contribution in [2.45, 2.75) is 0 Å². The zero-order valence-electron chi connectivity index (χ0n) is 6.16. The van der Waals surface area contributed by atoms with Crippen LogP contribution in [0.15, 0.2) is 24.3 Å². The maximum absolute atomic E-state index is 4.34. The van der Waals surface area contributed by atoms with Crippen LogP contribution in [-0.4, -0.2) is 12.0 Å². The molecular formula is C8H10N2S. The fraction of sp³-hybridized carbons (Fsp3) is 0.125. The van der Waals surface area contributed by atoms with Gasteiger partial charge >= 0.3 is 0 Å². The molecule has 0 unspecified atom stereocenters.